The maximum atomic E-state index is 12.8. The fourth-order valence-corrected chi connectivity index (χ4v) is 6.10. The summed E-state index contributed by atoms with van der Waals surface area (Å²) in [5.74, 6) is -1.09. The largest absolute Gasteiger partial charge is 0.462 e. The van der Waals surface area contributed by atoms with Crippen LogP contribution in [0.25, 0.3) is 0 Å². The van der Waals surface area contributed by atoms with Crippen LogP contribution in [0, 0.1) is 0 Å². The quantitative estimate of drug-likeness (QED) is 0.0199. The highest BCUT2D eigenvalue weighted by Gasteiger charge is 2.19. The normalized spacial score (nSPS) is 13.4. The summed E-state index contributed by atoms with van der Waals surface area (Å²) in [5, 5.41) is 0. The van der Waals surface area contributed by atoms with Crippen LogP contribution in [-0.2, 0) is 28.6 Å². The first-order valence-corrected chi connectivity index (χ1v) is 25.5. The molecule has 0 fully saturated rings. The Morgan fingerprint density at radius 2 is 0.652 bits per heavy atom. The SMILES string of the molecule is CC\C=C/C=C\C=C/CCCCCCCC(=O)OCC(COC(=O)CCCCC/C=C\C/C=C\C/C=C\C/C=C\C/C=C\CC)OC(=O)CC/C=C\C/C=C\C/C=C\C/C=C\C/C=C\CC. The van der Waals surface area contributed by atoms with Gasteiger partial charge < -0.3 is 14.2 Å². The molecule has 0 aliphatic heterocycles. The molecule has 0 aromatic carbocycles. The summed E-state index contributed by atoms with van der Waals surface area (Å²) < 4.78 is 16.7. The van der Waals surface area contributed by atoms with Crippen molar-refractivity contribution in [2.45, 2.75) is 187 Å². The minimum absolute atomic E-state index is 0.137. The molecule has 0 N–H and O–H groups in total. The maximum absolute atomic E-state index is 12.8. The van der Waals surface area contributed by atoms with Gasteiger partial charge in [0.15, 0.2) is 6.10 Å². The standard InChI is InChI=1S/C60H90O6/c1-4-7-10-13-16-19-22-25-27-29-30-31-33-35-38-41-44-47-50-53-59(62)65-56-57(55-64-58(61)52-49-46-43-40-37-34-24-21-18-15-12-9-6-3)66-60(63)54-51-48-45-42-39-36-32-28-26-23-20-17-14-11-8-5-2/h7-12,15-21,24-28,30-31,35-36,38-39,45,48,57H,4-6,13-14,22-23,29,32-34,37,40-44,46-47,49-56H2,1-3H3/b10-7-,11-8-,12-9-,18-15-,19-16-,20-17-,24-21-,27-25-,28-26-,31-30-,38-35-,39-36-,48-45-. The minimum Gasteiger partial charge on any atom is -0.462 e. The highest BCUT2D eigenvalue weighted by molar-refractivity contribution is 5.71. The average Bonchev–Trinajstić information content (AvgIpc) is 3.31. The molecule has 0 saturated carbocycles. The van der Waals surface area contributed by atoms with Gasteiger partial charge in [-0.15, -0.1) is 0 Å². The van der Waals surface area contributed by atoms with Gasteiger partial charge in [-0.1, -0.05) is 204 Å². The number of carbonyl (C=O) groups excluding carboxylic acids is 3. The van der Waals surface area contributed by atoms with Crippen LogP contribution in [-0.4, -0.2) is 37.2 Å². The zero-order valence-corrected chi connectivity index (χ0v) is 41.6. The lowest BCUT2D eigenvalue weighted by atomic mass is 10.1. The van der Waals surface area contributed by atoms with Gasteiger partial charge in [0.2, 0.25) is 0 Å². The molecule has 0 aliphatic carbocycles. The van der Waals surface area contributed by atoms with E-state index in [0.717, 1.165) is 135 Å². The van der Waals surface area contributed by atoms with Crippen LogP contribution in [0.1, 0.15) is 181 Å². The van der Waals surface area contributed by atoms with Gasteiger partial charge >= 0.3 is 17.9 Å². The monoisotopic (exact) mass is 907 g/mol. The summed E-state index contributed by atoms with van der Waals surface area (Å²) in [6.07, 6.45) is 76.7. The highest BCUT2D eigenvalue weighted by Crippen LogP contribution is 2.11. The number of esters is 3. The zero-order chi connectivity index (χ0) is 47.9. The van der Waals surface area contributed by atoms with Gasteiger partial charge in [0, 0.05) is 19.3 Å². The number of unbranched alkanes of at least 4 members (excludes halogenated alkanes) is 8. The van der Waals surface area contributed by atoms with Gasteiger partial charge in [0.05, 0.1) is 0 Å². The van der Waals surface area contributed by atoms with Gasteiger partial charge in [0.25, 0.3) is 0 Å². The zero-order valence-electron chi connectivity index (χ0n) is 41.6. The lowest BCUT2D eigenvalue weighted by molar-refractivity contribution is -0.166. The van der Waals surface area contributed by atoms with Crippen molar-refractivity contribution in [2.24, 2.45) is 0 Å². The van der Waals surface area contributed by atoms with E-state index in [9.17, 15) is 14.4 Å². The predicted octanol–water partition coefficient (Wildman–Crippen LogP) is 17.0. The number of hydrogen-bond acceptors (Lipinski definition) is 6. The summed E-state index contributed by atoms with van der Waals surface area (Å²) in [7, 11) is 0. The second-order valence-electron chi connectivity index (χ2n) is 16.0. The van der Waals surface area contributed by atoms with Gasteiger partial charge in [-0.25, -0.2) is 0 Å². The third-order valence-corrected chi connectivity index (χ3v) is 9.83. The Hall–Kier alpha value is -4.97. The molecular formula is C60H90O6. The van der Waals surface area contributed by atoms with E-state index in [1.807, 2.05) is 18.2 Å². The van der Waals surface area contributed by atoms with Crippen molar-refractivity contribution < 1.29 is 28.6 Å². The second kappa shape index (κ2) is 52.7. The Balaban J connectivity index is 4.61. The minimum atomic E-state index is -0.848. The molecule has 0 aromatic rings. The van der Waals surface area contributed by atoms with Gasteiger partial charge in [-0.05, 0) is 116 Å². The summed E-state index contributed by atoms with van der Waals surface area (Å²) in [4.78, 5) is 38.0. The van der Waals surface area contributed by atoms with Crippen LogP contribution in [0.2, 0.25) is 0 Å². The fraction of sp³-hybridized carbons (Fsp3) is 0.517. The molecule has 6 heteroatoms. The van der Waals surface area contributed by atoms with E-state index in [0.29, 0.717) is 19.3 Å². The number of hydrogen-bond donors (Lipinski definition) is 0. The van der Waals surface area contributed by atoms with E-state index in [2.05, 4.69) is 161 Å². The van der Waals surface area contributed by atoms with E-state index in [4.69, 9.17) is 14.2 Å². The third-order valence-electron chi connectivity index (χ3n) is 9.83. The van der Waals surface area contributed by atoms with E-state index in [1.165, 1.54) is 0 Å². The number of ether oxygens (including phenoxy) is 3. The predicted molar refractivity (Wildman–Crippen MR) is 283 cm³/mol. The van der Waals surface area contributed by atoms with Crippen molar-refractivity contribution >= 4 is 17.9 Å². The fourth-order valence-electron chi connectivity index (χ4n) is 6.10. The summed E-state index contributed by atoms with van der Waals surface area (Å²) in [6, 6.07) is 0. The molecule has 6 nitrogen and oxygen atoms in total. The first-order chi connectivity index (χ1) is 32.5. The Kier molecular flexibility index (Phi) is 48.7. The molecular weight excluding hydrogens is 817 g/mol. The van der Waals surface area contributed by atoms with E-state index < -0.39 is 12.1 Å². The van der Waals surface area contributed by atoms with Crippen molar-refractivity contribution in [1.82, 2.24) is 0 Å². The molecule has 0 aliphatic rings. The van der Waals surface area contributed by atoms with Crippen LogP contribution in [0.15, 0.2) is 158 Å². The molecule has 0 aromatic heterocycles. The number of carbonyl (C=O) groups is 3. The smallest absolute Gasteiger partial charge is 0.306 e. The molecule has 0 amide bonds. The first kappa shape index (κ1) is 61.0. The highest BCUT2D eigenvalue weighted by atomic mass is 16.6. The lowest BCUT2D eigenvalue weighted by Gasteiger charge is -2.18. The van der Waals surface area contributed by atoms with E-state index >= 15 is 0 Å². The van der Waals surface area contributed by atoms with Crippen molar-refractivity contribution in [3.05, 3.63) is 158 Å². The Bertz CT molecular complexity index is 1560. The molecule has 0 bridgehead atoms. The molecule has 0 radical (unpaired) electrons. The third kappa shape index (κ3) is 50.0. The molecule has 0 rings (SSSR count). The van der Waals surface area contributed by atoms with Crippen LogP contribution in [0.3, 0.4) is 0 Å². The number of allylic oxidation sites excluding steroid dienone is 26. The molecule has 1 atom stereocenters. The summed E-state index contributed by atoms with van der Waals surface area (Å²) in [5.41, 5.74) is 0. The Labute approximate surface area is 403 Å². The van der Waals surface area contributed by atoms with Gasteiger partial charge in [0.1, 0.15) is 13.2 Å². The average molecular weight is 907 g/mol. The van der Waals surface area contributed by atoms with Crippen LogP contribution in [0.5, 0.6) is 0 Å². The van der Waals surface area contributed by atoms with Crippen molar-refractivity contribution in [3.63, 3.8) is 0 Å². The van der Waals surface area contributed by atoms with E-state index in [-0.39, 0.29) is 31.6 Å². The number of rotatable bonds is 43. The molecule has 366 valence electrons. The topological polar surface area (TPSA) is 78.9 Å². The van der Waals surface area contributed by atoms with Crippen LogP contribution >= 0.6 is 0 Å². The summed E-state index contributed by atoms with van der Waals surface area (Å²) in [6.45, 7) is 6.13. The van der Waals surface area contributed by atoms with Gasteiger partial charge in [-0.3, -0.25) is 14.4 Å². The summed E-state index contributed by atoms with van der Waals surface area (Å²) >= 11 is 0. The van der Waals surface area contributed by atoms with Crippen LogP contribution in [0.4, 0.5) is 0 Å². The van der Waals surface area contributed by atoms with Crippen molar-refractivity contribution in [2.75, 3.05) is 13.2 Å². The molecule has 66 heavy (non-hydrogen) atoms. The molecule has 0 spiro atoms. The van der Waals surface area contributed by atoms with Crippen LogP contribution < -0.4 is 0 Å². The molecule has 0 heterocycles. The Morgan fingerprint density at radius 3 is 1.09 bits per heavy atom. The lowest BCUT2D eigenvalue weighted by Crippen LogP contribution is -2.30. The maximum Gasteiger partial charge on any atom is 0.306 e. The first-order valence-electron chi connectivity index (χ1n) is 25.5. The van der Waals surface area contributed by atoms with Crippen molar-refractivity contribution in [3.8, 4) is 0 Å². The second-order valence-corrected chi connectivity index (χ2v) is 16.0. The van der Waals surface area contributed by atoms with E-state index in [1.54, 1.807) is 0 Å². The molecule has 1 unspecified atom stereocenters. The van der Waals surface area contributed by atoms with Gasteiger partial charge in [-0.2, -0.15) is 0 Å². The Morgan fingerprint density at radius 1 is 0.318 bits per heavy atom. The van der Waals surface area contributed by atoms with Crippen molar-refractivity contribution in [1.29, 1.82) is 0 Å². The molecule has 0 saturated heterocycles.